The molecule has 0 unspecified atom stereocenters. The molecular weight excluding hydrogens is 694 g/mol. The highest BCUT2D eigenvalue weighted by molar-refractivity contribution is 7.17. The van der Waals surface area contributed by atoms with Crippen LogP contribution in [0.1, 0.15) is 40.8 Å². The Kier molecular flexibility index (Phi) is 11.1. The fourth-order valence-corrected chi connectivity index (χ4v) is 5.43. The summed E-state index contributed by atoms with van der Waals surface area (Å²) in [5.74, 6) is -1.41. The van der Waals surface area contributed by atoms with Gasteiger partial charge in [-0.25, -0.2) is 19.7 Å². The van der Waals surface area contributed by atoms with Gasteiger partial charge >= 0.3 is 12.1 Å². The summed E-state index contributed by atoms with van der Waals surface area (Å²) in [5.41, 5.74) is 1.18. The third-order valence-corrected chi connectivity index (χ3v) is 8.27. The number of aryl methyl sites for hydroxylation is 1. The van der Waals surface area contributed by atoms with Crippen LogP contribution in [0.5, 0.6) is 0 Å². The van der Waals surface area contributed by atoms with Crippen LogP contribution in [0, 0.1) is 6.92 Å². The molecule has 0 spiro atoms. The van der Waals surface area contributed by atoms with Gasteiger partial charge in [-0.3, -0.25) is 14.6 Å². The van der Waals surface area contributed by atoms with E-state index in [4.69, 9.17) is 5.11 Å². The predicted molar refractivity (Wildman–Crippen MR) is 185 cm³/mol. The van der Waals surface area contributed by atoms with Gasteiger partial charge in [0, 0.05) is 29.3 Å². The molecule has 0 aliphatic carbocycles. The molecule has 6 rings (SSSR count). The molecule has 0 saturated carbocycles. The van der Waals surface area contributed by atoms with Crippen molar-refractivity contribution in [3.63, 3.8) is 0 Å². The molecule has 17 heteroatoms. The fraction of sp³-hybridized carbons (Fsp3) is 0.0606. The molecule has 0 aliphatic rings. The number of halogens is 3. The number of amides is 2. The Hall–Kier alpha value is -6.20. The number of nitrogens with zero attached hydrogens (tertiary/aromatic N) is 4. The van der Waals surface area contributed by atoms with E-state index < -0.39 is 29.5 Å². The summed E-state index contributed by atoms with van der Waals surface area (Å²) in [5, 5.41) is 20.9. The number of nitrogens with one attached hydrogen (secondary N) is 4. The van der Waals surface area contributed by atoms with E-state index in [1.54, 1.807) is 49.8 Å². The highest BCUT2D eigenvalue weighted by Crippen LogP contribution is 2.31. The summed E-state index contributed by atoms with van der Waals surface area (Å²) in [7, 11) is 0. The van der Waals surface area contributed by atoms with E-state index in [1.807, 2.05) is 12.1 Å². The van der Waals surface area contributed by atoms with Gasteiger partial charge in [0.25, 0.3) is 11.8 Å². The summed E-state index contributed by atoms with van der Waals surface area (Å²) < 4.78 is 38.8. The molecule has 4 aromatic heterocycles. The first-order valence-corrected chi connectivity index (χ1v) is 16.0. The number of thiazole rings is 2. The summed E-state index contributed by atoms with van der Waals surface area (Å²) in [4.78, 5) is 52.7. The van der Waals surface area contributed by atoms with Crippen molar-refractivity contribution in [2.45, 2.75) is 13.1 Å². The molecule has 6 aromatic rings. The lowest BCUT2D eigenvalue weighted by molar-refractivity contribution is -0.137. The van der Waals surface area contributed by atoms with Crippen molar-refractivity contribution in [2.75, 3.05) is 21.3 Å². The van der Waals surface area contributed by atoms with Crippen LogP contribution >= 0.6 is 22.7 Å². The van der Waals surface area contributed by atoms with Crippen molar-refractivity contribution in [1.29, 1.82) is 0 Å². The number of hydrogen-bond acceptors (Lipinski definition) is 11. The second kappa shape index (κ2) is 15.8. The Morgan fingerprint density at radius 3 is 2.14 bits per heavy atom. The molecular formula is C33H25F3N8O4S2. The van der Waals surface area contributed by atoms with Gasteiger partial charge in [-0.05, 0) is 67.1 Å². The number of aromatic nitrogens is 4. The van der Waals surface area contributed by atoms with Gasteiger partial charge in [-0.15, -0.1) is 0 Å². The predicted octanol–water partition coefficient (Wildman–Crippen LogP) is 8.09. The third-order valence-electron chi connectivity index (χ3n) is 6.45. The zero-order valence-electron chi connectivity index (χ0n) is 25.7. The first-order chi connectivity index (χ1) is 23.9. The van der Waals surface area contributed by atoms with Crippen molar-refractivity contribution in [3.8, 4) is 0 Å². The monoisotopic (exact) mass is 718 g/mol. The number of pyridine rings is 2. The van der Waals surface area contributed by atoms with Crippen LogP contribution in [0.4, 0.5) is 46.3 Å². The van der Waals surface area contributed by atoms with Gasteiger partial charge in [0.2, 0.25) is 0 Å². The first kappa shape index (κ1) is 35.1. The minimum absolute atomic E-state index is 0.00795. The summed E-state index contributed by atoms with van der Waals surface area (Å²) in [6, 6.07) is 18.0. The van der Waals surface area contributed by atoms with Crippen molar-refractivity contribution in [3.05, 3.63) is 130 Å². The average Bonchev–Trinajstić information content (AvgIpc) is 3.77. The molecule has 50 heavy (non-hydrogen) atoms. The summed E-state index contributed by atoms with van der Waals surface area (Å²) in [6.07, 6.45) is 3.16. The van der Waals surface area contributed by atoms with Crippen LogP contribution < -0.4 is 21.3 Å². The summed E-state index contributed by atoms with van der Waals surface area (Å²) in [6.45, 7) is 1.75. The molecule has 2 amide bonds. The molecule has 4 heterocycles. The first-order valence-electron chi connectivity index (χ1n) is 14.4. The molecule has 0 saturated heterocycles. The number of rotatable bonds is 9. The Morgan fingerprint density at radius 1 is 0.720 bits per heavy atom. The number of aromatic carboxylic acids is 1. The average molecular weight is 719 g/mol. The van der Waals surface area contributed by atoms with Crippen LogP contribution in [0.15, 0.2) is 104 Å². The quantitative estimate of drug-likeness (QED) is 0.0984. The maximum atomic E-state index is 12.9. The number of hydrogen-bond donors (Lipinski definition) is 5. The van der Waals surface area contributed by atoms with E-state index in [2.05, 4.69) is 41.2 Å². The Balaban J connectivity index is 0.000000269. The fourth-order valence-electron chi connectivity index (χ4n) is 4.03. The van der Waals surface area contributed by atoms with Crippen LogP contribution in [-0.4, -0.2) is 42.8 Å². The van der Waals surface area contributed by atoms with Crippen LogP contribution in [0.3, 0.4) is 0 Å². The van der Waals surface area contributed by atoms with Gasteiger partial charge in [0.05, 0.1) is 29.8 Å². The van der Waals surface area contributed by atoms with Crippen molar-refractivity contribution in [2.24, 2.45) is 0 Å². The van der Waals surface area contributed by atoms with E-state index in [0.717, 1.165) is 40.5 Å². The SMILES string of the molecule is Cc1ccc(C(=O)Nc2cccc(C(F)(F)F)c2)cc1NC(=O)c1cnc(Nc2ccccn2)s1.O=C(O)c1cnc(Nc2cccnc2)s1. The number of alkyl halides is 3. The lowest BCUT2D eigenvalue weighted by atomic mass is 10.1. The number of carbonyl (C=O) groups excluding carboxylic acids is 2. The van der Waals surface area contributed by atoms with Crippen molar-refractivity contribution >= 4 is 73.6 Å². The van der Waals surface area contributed by atoms with E-state index >= 15 is 0 Å². The van der Waals surface area contributed by atoms with Gasteiger partial charge in [-0.2, -0.15) is 13.2 Å². The molecule has 0 aliphatic heterocycles. The lowest BCUT2D eigenvalue weighted by Gasteiger charge is -2.12. The number of benzene rings is 2. The van der Waals surface area contributed by atoms with Crippen LogP contribution in [0.25, 0.3) is 0 Å². The normalized spacial score (nSPS) is 10.7. The molecule has 2 aromatic carbocycles. The number of anilines is 6. The zero-order valence-corrected chi connectivity index (χ0v) is 27.4. The second-order valence-corrected chi connectivity index (χ2v) is 12.1. The molecule has 0 radical (unpaired) electrons. The van der Waals surface area contributed by atoms with E-state index in [1.165, 1.54) is 36.7 Å². The molecule has 254 valence electrons. The standard InChI is InChI=1S/C24H18F3N5O2S.C9H7N3O2S/c1-14-8-9-15(21(33)30-17-6-4-5-16(12-17)24(25,26)27)11-18(14)31-22(34)19-13-29-23(35-19)32-20-7-2-3-10-28-20;13-8(14)7-5-11-9(15-7)12-6-2-1-3-10-4-6/h2-13H,1H3,(H,30,33)(H,31,34)(H,28,29,32);1-5H,(H,11,12)(H,13,14). The Morgan fingerprint density at radius 2 is 1.46 bits per heavy atom. The summed E-state index contributed by atoms with van der Waals surface area (Å²) >= 11 is 2.22. The second-order valence-electron chi connectivity index (χ2n) is 10.1. The van der Waals surface area contributed by atoms with Gasteiger partial charge in [0.15, 0.2) is 10.3 Å². The van der Waals surface area contributed by atoms with Crippen molar-refractivity contribution < 1.29 is 32.7 Å². The highest BCUT2D eigenvalue weighted by atomic mass is 32.1. The number of carboxylic acid groups (broad SMARTS) is 1. The highest BCUT2D eigenvalue weighted by Gasteiger charge is 2.30. The maximum absolute atomic E-state index is 12.9. The zero-order chi connectivity index (χ0) is 35.7. The third kappa shape index (κ3) is 9.68. The lowest BCUT2D eigenvalue weighted by Crippen LogP contribution is -2.15. The maximum Gasteiger partial charge on any atom is 0.416 e. The smallest absolute Gasteiger partial charge is 0.416 e. The van der Waals surface area contributed by atoms with E-state index in [0.29, 0.717) is 32.2 Å². The number of carboxylic acids is 1. The van der Waals surface area contributed by atoms with Crippen molar-refractivity contribution in [1.82, 2.24) is 19.9 Å². The molecule has 0 fully saturated rings. The molecule has 0 atom stereocenters. The largest absolute Gasteiger partial charge is 0.477 e. The molecule has 12 nitrogen and oxygen atoms in total. The minimum Gasteiger partial charge on any atom is -0.477 e. The minimum atomic E-state index is -4.52. The van der Waals surface area contributed by atoms with E-state index in [-0.39, 0.29) is 16.1 Å². The Bertz CT molecular complexity index is 2110. The van der Waals surface area contributed by atoms with Gasteiger partial charge in [0.1, 0.15) is 15.6 Å². The Labute approximate surface area is 290 Å². The van der Waals surface area contributed by atoms with Gasteiger partial charge < -0.3 is 26.4 Å². The topological polar surface area (TPSA) is 171 Å². The van der Waals surface area contributed by atoms with Crippen LogP contribution in [-0.2, 0) is 6.18 Å². The number of carbonyl (C=O) groups is 3. The molecule has 5 N–H and O–H groups in total. The van der Waals surface area contributed by atoms with E-state index in [9.17, 15) is 27.6 Å². The van der Waals surface area contributed by atoms with Gasteiger partial charge in [-0.1, -0.05) is 40.9 Å². The molecule has 0 bridgehead atoms. The van der Waals surface area contributed by atoms with Crippen LogP contribution in [0.2, 0.25) is 0 Å².